The van der Waals surface area contributed by atoms with Gasteiger partial charge in [0.2, 0.25) is 5.91 Å². The van der Waals surface area contributed by atoms with Crippen molar-refractivity contribution in [3.05, 3.63) is 0 Å². The molecule has 0 heterocycles. The molecular weight excluding hydrogens is 232 g/mol. The van der Waals surface area contributed by atoms with E-state index in [1.165, 1.54) is 0 Å². The predicted molar refractivity (Wildman–Crippen MR) is 71.8 cm³/mol. The summed E-state index contributed by atoms with van der Waals surface area (Å²) in [5.74, 6) is -0.298. The van der Waals surface area contributed by atoms with E-state index in [1.807, 2.05) is 13.8 Å². The lowest BCUT2D eigenvalue weighted by atomic mass is 9.88. The van der Waals surface area contributed by atoms with E-state index in [0.29, 0.717) is 6.42 Å². The highest BCUT2D eigenvalue weighted by atomic mass is 17.1. The van der Waals surface area contributed by atoms with Crippen molar-refractivity contribution in [2.24, 2.45) is 17.6 Å². The standard InChI is InChI=1S/C13H28N2O3/c1-6-11(13(14)16)9-10(2)12(18-17)7-8-15(3,4)5/h10-12H,6-9H2,1-5H3,(H2-,14,16,17)/p+1. The van der Waals surface area contributed by atoms with Crippen molar-refractivity contribution in [3.63, 3.8) is 0 Å². The Balaban J connectivity index is 4.33. The molecule has 5 nitrogen and oxygen atoms in total. The molecular formula is C13H29N2O3+. The normalized spacial score (nSPS) is 17.2. The van der Waals surface area contributed by atoms with Crippen LogP contribution in [0, 0.1) is 11.8 Å². The van der Waals surface area contributed by atoms with Crippen LogP contribution in [0.25, 0.3) is 0 Å². The predicted octanol–water partition coefficient (Wildman–Crippen LogP) is 1.48. The molecule has 0 aliphatic heterocycles. The quantitative estimate of drug-likeness (QED) is 0.375. The first-order valence-electron chi connectivity index (χ1n) is 6.61. The van der Waals surface area contributed by atoms with Gasteiger partial charge >= 0.3 is 0 Å². The number of quaternary nitrogens is 1. The molecule has 0 aromatic carbocycles. The maximum Gasteiger partial charge on any atom is 0.220 e. The van der Waals surface area contributed by atoms with Crippen LogP contribution in [-0.4, -0.2) is 49.4 Å². The van der Waals surface area contributed by atoms with Crippen LogP contribution < -0.4 is 5.73 Å². The zero-order chi connectivity index (χ0) is 14.3. The second-order valence-electron chi connectivity index (χ2n) is 6.17. The molecule has 0 radical (unpaired) electrons. The molecule has 0 aliphatic rings. The molecule has 0 saturated carbocycles. The van der Waals surface area contributed by atoms with Crippen LogP contribution in [-0.2, 0) is 9.68 Å². The molecule has 5 heteroatoms. The molecule has 0 saturated heterocycles. The average Bonchev–Trinajstić information content (AvgIpc) is 2.24. The molecule has 18 heavy (non-hydrogen) atoms. The van der Waals surface area contributed by atoms with Crippen LogP contribution in [0.15, 0.2) is 0 Å². The van der Waals surface area contributed by atoms with E-state index in [2.05, 4.69) is 26.0 Å². The number of hydrogen-bond donors (Lipinski definition) is 2. The van der Waals surface area contributed by atoms with Crippen molar-refractivity contribution in [1.29, 1.82) is 0 Å². The fourth-order valence-electron chi connectivity index (χ4n) is 2.04. The Morgan fingerprint density at radius 1 is 1.39 bits per heavy atom. The zero-order valence-electron chi connectivity index (χ0n) is 12.3. The molecule has 1 amide bonds. The first-order valence-corrected chi connectivity index (χ1v) is 6.61. The molecule has 0 spiro atoms. The minimum atomic E-state index is -0.271. The number of rotatable bonds is 9. The van der Waals surface area contributed by atoms with Crippen molar-refractivity contribution >= 4 is 5.91 Å². The van der Waals surface area contributed by atoms with Gasteiger partial charge in [-0.3, -0.25) is 10.1 Å². The van der Waals surface area contributed by atoms with Crippen LogP contribution in [0.5, 0.6) is 0 Å². The van der Waals surface area contributed by atoms with Gasteiger partial charge in [0.25, 0.3) is 0 Å². The molecule has 3 atom stereocenters. The fraction of sp³-hybridized carbons (Fsp3) is 0.923. The maximum absolute atomic E-state index is 11.2. The van der Waals surface area contributed by atoms with Gasteiger partial charge in [-0.1, -0.05) is 13.8 Å². The Hall–Kier alpha value is -0.650. The lowest BCUT2D eigenvalue weighted by molar-refractivity contribution is -0.871. The molecule has 0 rings (SSSR count). The van der Waals surface area contributed by atoms with Crippen molar-refractivity contribution in [2.75, 3.05) is 27.7 Å². The third-order valence-electron chi connectivity index (χ3n) is 3.41. The van der Waals surface area contributed by atoms with E-state index in [9.17, 15) is 4.79 Å². The molecule has 0 bridgehead atoms. The van der Waals surface area contributed by atoms with Crippen LogP contribution in [0.1, 0.15) is 33.1 Å². The Bertz CT molecular complexity index is 251. The van der Waals surface area contributed by atoms with E-state index in [4.69, 9.17) is 11.0 Å². The van der Waals surface area contributed by atoms with Crippen LogP contribution in [0.3, 0.4) is 0 Å². The molecule has 0 fully saturated rings. The maximum atomic E-state index is 11.2. The minimum absolute atomic E-state index is 0.110. The Morgan fingerprint density at radius 2 is 1.94 bits per heavy atom. The summed E-state index contributed by atoms with van der Waals surface area (Å²) in [6, 6.07) is 0. The fourth-order valence-corrected chi connectivity index (χ4v) is 2.04. The van der Waals surface area contributed by atoms with Gasteiger partial charge < -0.3 is 10.2 Å². The van der Waals surface area contributed by atoms with Gasteiger partial charge in [0.15, 0.2) is 0 Å². The molecule has 108 valence electrons. The van der Waals surface area contributed by atoms with Crippen LogP contribution in [0.4, 0.5) is 0 Å². The number of hydrogen-bond acceptors (Lipinski definition) is 3. The topological polar surface area (TPSA) is 72.6 Å². The number of carbonyl (C=O) groups excluding carboxylic acids is 1. The van der Waals surface area contributed by atoms with Gasteiger partial charge in [-0.15, -0.1) is 0 Å². The van der Waals surface area contributed by atoms with Gasteiger partial charge in [0.05, 0.1) is 27.7 Å². The van der Waals surface area contributed by atoms with Gasteiger partial charge in [0, 0.05) is 12.3 Å². The Labute approximate surface area is 110 Å². The minimum Gasteiger partial charge on any atom is -0.369 e. The van der Waals surface area contributed by atoms with E-state index in [1.54, 1.807) is 0 Å². The largest absolute Gasteiger partial charge is 0.369 e. The third kappa shape index (κ3) is 6.93. The third-order valence-corrected chi connectivity index (χ3v) is 3.41. The molecule has 0 aromatic heterocycles. The highest BCUT2D eigenvalue weighted by Gasteiger charge is 2.25. The van der Waals surface area contributed by atoms with Crippen molar-refractivity contribution in [3.8, 4) is 0 Å². The molecule has 3 unspecified atom stereocenters. The van der Waals surface area contributed by atoms with Crippen LogP contribution in [0.2, 0.25) is 0 Å². The van der Waals surface area contributed by atoms with E-state index in [-0.39, 0.29) is 23.8 Å². The first-order chi connectivity index (χ1) is 8.21. The summed E-state index contributed by atoms with van der Waals surface area (Å²) in [5.41, 5.74) is 5.33. The van der Waals surface area contributed by atoms with E-state index >= 15 is 0 Å². The Kier molecular flexibility index (Phi) is 7.43. The zero-order valence-corrected chi connectivity index (χ0v) is 12.3. The number of nitrogens with two attached hydrogens (primary N) is 1. The number of nitrogens with zero attached hydrogens (tertiary/aromatic N) is 1. The van der Waals surface area contributed by atoms with Crippen molar-refractivity contribution < 1.29 is 19.4 Å². The van der Waals surface area contributed by atoms with Gasteiger partial charge in [-0.05, 0) is 18.8 Å². The molecule has 0 aliphatic carbocycles. The van der Waals surface area contributed by atoms with E-state index < -0.39 is 0 Å². The summed E-state index contributed by atoms with van der Waals surface area (Å²) in [5, 5.41) is 8.99. The monoisotopic (exact) mass is 261 g/mol. The molecule has 0 aromatic rings. The number of amides is 1. The summed E-state index contributed by atoms with van der Waals surface area (Å²) < 4.78 is 0.819. The summed E-state index contributed by atoms with van der Waals surface area (Å²) in [6.45, 7) is 4.84. The van der Waals surface area contributed by atoms with Gasteiger partial charge in [0.1, 0.15) is 6.10 Å². The van der Waals surface area contributed by atoms with Gasteiger partial charge in [-0.25, -0.2) is 4.89 Å². The van der Waals surface area contributed by atoms with Crippen molar-refractivity contribution in [1.82, 2.24) is 0 Å². The van der Waals surface area contributed by atoms with Crippen LogP contribution >= 0.6 is 0 Å². The lowest BCUT2D eigenvalue weighted by Gasteiger charge is -2.28. The van der Waals surface area contributed by atoms with E-state index in [0.717, 1.165) is 23.9 Å². The smallest absolute Gasteiger partial charge is 0.220 e. The average molecular weight is 261 g/mol. The Morgan fingerprint density at radius 3 is 2.28 bits per heavy atom. The number of primary amides is 1. The first kappa shape index (κ1) is 17.4. The molecule has 3 N–H and O–H groups in total. The second kappa shape index (κ2) is 7.71. The lowest BCUT2D eigenvalue weighted by Crippen LogP contribution is -2.39. The highest BCUT2D eigenvalue weighted by Crippen LogP contribution is 2.22. The summed E-state index contributed by atoms with van der Waals surface area (Å²) >= 11 is 0. The second-order valence-corrected chi connectivity index (χ2v) is 6.17. The van der Waals surface area contributed by atoms with Gasteiger partial charge in [-0.2, -0.15) is 0 Å². The number of carbonyl (C=O) groups is 1. The summed E-state index contributed by atoms with van der Waals surface area (Å²) in [7, 11) is 6.28. The van der Waals surface area contributed by atoms with Crippen molar-refractivity contribution in [2.45, 2.75) is 39.2 Å². The summed E-state index contributed by atoms with van der Waals surface area (Å²) in [6.07, 6.45) is 1.91. The summed E-state index contributed by atoms with van der Waals surface area (Å²) in [4.78, 5) is 15.8. The highest BCUT2D eigenvalue weighted by molar-refractivity contribution is 5.76. The SMILES string of the molecule is CCC(CC(C)C(CC[N+](C)(C)C)OO)C(N)=O.